The van der Waals surface area contributed by atoms with Gasteiger partial charge in [0.05, 0.1) is 0 Å². The first kappa shape index (κ1) is 12.8. The Balaban J connectivity index is 2.60. The van der Waals surface area contributed by atoms with Crippen LogP contribution in [0, 0.1) is 12.7 Å². The number of rotatable bonds is 3. The molecule has 94 valence electrons. The molecule has 18 heavy (non-hydrogen) atoms. The van der Waals surface area contributed by atoms with Crippen LogP contribution in [0.2, 0.25) is 0 Å². The maximum Gasteiger partial charge on any atom is 0.123 e. The van der Waals surface area contributed by atoms with Gasteiger partial charge in [-0.05, 0) is 42.2 Å². The van der Waals surface area contributed by atoms with E-state index in [9.17, 15) is 9.50 Å². The van der Waals surface area contributed by atoms with Crippen LogP contribution >= 0.6 is 0 Å². The highest BCUT2D eigenvalue weighted by Crippen LogP contribution is 2.34. The predicted molar refractivity (Wildman–Crippen MR) is 70.9 cm³/mol. The molecular weight excluding hydrogens is 227 g/mol. The van der Waals surface area contributed by atoms with E-state index < -0.39 is 5.60 Å². The van der Waals surface area contributed by atoms with Crippen molar-refractivity contribution in [3.8, 4) is 0 Å². The van der Waals surface area contributed by atoms with E-state index in [1.807, 2.05) is 44.2 Å². The van der Waals surface area contributed by atoms with E-state index in [4.69, 9.17) is 0 Å². The average molecular weight is 244 g/mol. The highest BCUT2D eigenvalue weighted by atomic mass is 19.1. The largest absolute Gasteiger partial charge is 0.380 e. The van der Waals surface area contributed by atoms with Crippen LogP contribution in [0.25, 0.3) is 0 Å². The van der Waals surface area contributed by atoms with Gasteiger partial charge in [-0.1, -0.05) is 43.3 Å². The van der Waals surface area contributed by atoms with E-state index in [2.05, 4.69) is 0 Å². The standard InChI is InChI=1S/C16H17FO/c1-3-16(18,13-7-5-4-6-8-13)15-11-14(17)10-9-12(15)2/h4-11,18H,3H2,1-2H3. The molecule has 0 bridgehead atoms. The number of aliphatic hydroxyl groups is 1. The van der Waals surface area contributed by atoms with Crippen LogP contribution in [0.5, 0.6) is 0 Å². The number of hydrogen-bond donors (Lipinski definition) is 1. The van der Waals surface area contributed by atoms with Gasteiger partial charge in [0.25, 0.3) is 0 Å². The number of aryl methyl sites for hydroxylation is 1. The molecule has 0 aliphatic heterocycles. The Kier molecular flexibility index (Phi) is 3.48. The van der Waals surface area contributed by atoms with E-state index in [0.717, 1.165) is 11.1 Å². The molecule has 2 aromatic carbocycles. The van der Waals surface area contributed by atoms with Crippen molar-refractivity contribution in [3.63, 3.8) is 0 Å². The molecule has 2 heteroatoms. The molecule has 1 atom stereocenters. The lowest BCUT2D eigenvalue weighted by atomic mass is 9.82. The van der Waals surface area contributed by atoms with E-state index in [-0.39, 0.29) is 5.82 Å². The van der Waals surface area contributed by atoms with Gasteiger partial charge >= 0.3 is 0 Å². The molecule has 0 saturated heterocycles. The maximum atomic E-state index is 13.4. The molecule has 0 radical (unpaired) electrons. The van der Waals surface area contributed by atoms with Crippen LogP contribution in [0.15, 0.2) is 48.5 Å². The lowest BCUT2D eigenvalue weighted by Crippen LogP contribution is -2.27. The van der Waals surface area contributed by atoms with Gasteiger partial charge in [0.2, 0.25) is 0 Å². The maximum absolute atomic E-state index is 13.4. The molecule has 0 aliphatic carbocycles. The summed E-state index contributed by atoms with van der Waals surface area (Å²) in [6.45, 7) is 3.79. The molecule has 2 aromatic rings. The smallest absolute Gasteiger partial charge is 0.123 e. The van der Waals surface area contributed by atoms with Gasteiger partial charge in [-0.15, -0.1) is 0 Å². The summed E-state index contributed by atoms with van der Waals surface area (Å²) in [5.74, 6) is -0.321. The van der Waals surface area contributed by atoms with Crippen LogP contribution in [-0.2, 0) is 5.60 Å². The highest BCUT2D eigenvalue weighted by Gasteiger charge is 2.31. The number of benzene rings is 2. The van der Waals surface area contributed by atoms with Crippen LogP contribution in [0.1, 0.15) is 30.0 Å². The normalized spacial score (nSPS) is 14.2. The minimum atomic E-state index is -1.13. The molecule has 0 fully saturated rings. The second-order valence-corrected chi connectivity index (χ2v) is 4.54. The summed E-state index contributed by atoms with van der Waals surface area (Å²) >= 11 is 0. The van der Waals surface area contributed by atoms with Crippen molar-refractivity contribution in [2.75, 3.05) is 0 Å². The van der Waals surface area contributed by atoms with Crippen molar-refractivity contribution in [1.29, 1.82) is 0 Å². The van der Waals surface area contributed by atoms with Crippen LogP contribution in [0.4, 0.5) is 4.39 Å². The zero-order valence-corrected chi connectivity index (χ0v) is 10.7. The zero-order valence-electron chi connectivity index (χ0n) is 10.7. The SMILES string of the molecule is CCC(O)(c1ccccc1)c1cc(F)ccc1C. The van der Waals surface area contributed by atoms with E-state index in [1.54, 1.807) is 6.07 Å². The summed E-state index contributed by atoms with van der Waals surface area (Å²) in [4.78, 5) is 0. The third-order valence-electron chi connectivity index (χ3n) is 3.41. The lowest BCUT2D eigenvalue weighted by Gasteiger charge is -2.29. The Morgan fingerprint density at radius 3 is 2.39 bits per heavy atom. The second kappa shape index (κ2) is 4.91. The molecule has 1 unspecified atom stereocenters. The lowest BCUT2D eigenvalue weighted by molar-refractivity contribution is 0.0755. The predicted octanol–water partition coefficient (Wildman–Crippen LogP) is 3.78. The average Bonchev–Trinajstić information content (AvgIpc) is 2.41. The number of hydrogen-bond acceptors (Lipinski definition) is 1. The first-order chi connectivity index (χ1) is 8.58. The molecule has 0 aliphatic rings. The van der Waals surface area contributed by atoms with Gasteiger partial charge in [-0.3, -0.25) is 0 Å². The van der Waals surface area contributed by atoms with Crippen molar-refractivity contribution in [2.45, 2.75) is 25.9 Å². The van der Waals surface area contributed by atoms with Crippen LogP contribution < -0.4 is 0 Å². The summed E-state index contributed by atoms with van der Waals surface area (Å²) in [5.41, 5.74) is 1.19. The van der Waals surface area contributed by atoms with Gasteiger partial charge in [0.15, 0.2) is 0 Å². The second-order valence-electron chi connectivity index (χ2n) is 4.54. The van der Waals surface area contributed by atoms with Gasteiger partial charge in [0.1, 0.15) is 11.4 Å². The topological polar surface area (TPSA) is 20.2 Å². The van der Waals surface area contributed by atoms with Crippen molar-refractivity contribution in [3.05, 3.63) is 71.0 Å². The van der Waals surface area contributed by atoms with Gasteiger partial charge in [0, 0.05) is 0 Å². The van der Waals surface area contributed by atoms with Crippen molar-refractivity contribution < 1.29 is 9.50 Å². The zero-order chi connectivity index (χ0) is 13.2. The molecule has 1 N–H and O–H groups in total. The molecule has 0 aromatic heterocycles. The van der Waals surface area contributed by atoms with Crippen LogP contribution in [0.3, 0.4) is 0 Å². The molecular formula is C16H17FO. The minimum Gasteiger partial charge on any atom is -0.380 e. The first-order valence-corrected chi connectivity index (χ1v) is 6.12. The van der Waals surface area contributed by atoms with E-state index in [0.29, 0.717) is 12.0 Å². The van der Waals surface area contributed by atoms with Crippen molar-refractivity contribution in [2.24, 2.45) is 0 Å². The number of halogens is 1. The van der Waals surface area contributed by atoms with Crippen molar-refractivity contribution >= 4 is 0 Å². The minimum absolute atomic E-state index is 0.321. The third kappa shape index (κ3) is 2.16. The van der Waals surface area contributed by atoms with Crippen LogP contribution in [-0.4, -0.2) is 5.11 Å². The van der Waals surface area contributed by atoms with Crippen molar-refractivity contribution in [1.82, 2.24) is 0 Å². The molecule has 1 nitrogen and oxygen atoms in total. The summed E-state index contributed by atoms with van der Waals surface area (Å²) in [6, 6.07) is 13.9. The van der Waals surface area contributed by atoms with Gasteiger partial charge in [-0.25, -0.2) is 4.39 Å². The summed E-state index contributed by atoms with van der Waals surface area (Å²) < 4.78 is 13.4. The van der Waals surface area contributed by atoms with Gasteiger partial charge < -0.3 is 5.11 Å². The fourth-order valence-electron chi connectivity index (χ4n) is 2.30. The Bertz CT molecular complexity index is 536. The first-order valence-electron chi connectivity index (χ1n) is 6.12. The molecule has 0 saturated carbocycles. The molecule has 0 amide bonds. The molecule has 0 heterocycles. The Labute approximate surface area is 107 Å². The fraction of sp³-hybridized carbons (Fsp3) is 0.250. The van der Waals surface area contributed by atoms with E-state index in [1.165, 1.54) is 12.1 Å². The quantitative estimate of drug-likeness (QED) is 0.871. The Morgan fingerprint density at radius 2 is 1.78 bits per heavy atom. The molecule has 2 rings (SSSR count). The summed E-state index contributed by atoms with van der Waals surface area (Å²) in [5, 5.41) is 10.9. The Morgan fingerprint density at radius 1 is 1.11 bits per heavy atom. The summed E-state index contributed by atoms with van der Waals surface area (Å²) in [7, 11) is 0. The van der Waals surface area contributed by atoms with E-state index >= 15 is 0 Å². The highest BCUT2D eigenvalue weighted by molar-refractivity contribution is 5.40. The third-order valence-corrected chi connectivity index (χ3v) is 3.41. The monoisotopic (exact) mass is 244 g/mol. The Hall–Kier alpha value is -1.67. The molecule has 0 spiro atoms. The summed E-state index contributed by atoms with van der Waals surface area (Å²) in [6.07, 6.45) is 0.501. The fourth-order valence-corrected chi connectivity index (χ4v) is 2.30. The van der Waals surface area contributed by atoms with Gasteiger partial charge in [-0.2, -0.15) is 0 Å².